The van der Waals surface area contributed by atoms with Crippen molar-refractivity contribution in [3.05, 3.63) is 36.3 Å². The number of aromatic amines is 1. The molecule has 8 nitrogen and oxygen atoms in total. The van der Waals surface area contributed by atoms with Gasteiger partial charge in [0.2, 0.25) is 0 Å². The average Bonchev–Trinajstić information content (AvgIpc) is 3.20. The number of hydrogen-bond acceptors (Lipinski definition) is 6. The van der Waals surface area contributed by atoms with Gasteiger partial charge in [-0.3, -0.25) is 14.7 Å². The second-order valence-electron chi connectivity index (χ2n) is 8.69. The fourth-order valence-electron chi connectivity index (χ4n) is 5.66. The summed E-state index contributed by atoms with van der Waals surface area (Å²) in [7, 11) is 0. The van der Waals surface area contributed by atoms with Crippen molar-refractivity contribution in [1.82, 2.24) is 30.2 Å². The van der Waals surface area contributed by atoms with Crippen LogP contribution in [-0.2, 0) is 0 Å². The fourth-order valence-corrected chi connectivity index (χ4v) is 5.66. The second-order valence-corrected chi connectivity index (χ2v) is 8.69. The van der Waals surface area contributed by atoms with Gasteiger partial charge in [0.15, 0.2) is 0 Å². The molecule has 0 radical (unpaired) electrons. The summed E-state index contributed by atoms with van der Waals surface area (Å²) < 4.78 is 0. The summed E-state index contributed by atoms with van der Waals surface area (Å²) in [6.07, 6.45) is 12.0. The second kappa shape index (κ2) is 7.74. The van der Waals surface area contributed by atoms with Crippen LogP contribution < -0.4 is 10.2 Å². The highest BCUT2D eigenvalue weighted by Gasteiger charge is 2.47. The third kappa shape index (κ3) is 3.61. The first-order valence-electron chi connectivity index (χ1n) is 10.8. The van der Waals surface area contributed by atoms with Crippen molar-refractivity contribution in [3.8, 4) is 0 Å². The van der Waals surface area contributed by atoms with E-state index in [1.165, 1.54) is 25.7 Å². The molecule has 3 saturated heterocycles. The molecule has 2 N–H and O–H groups in total. The molecule has 2 aromatic heterocycles. The molecule has 3 aliphatic rings. The van der Waals surface area contributed by atoms with Gasteiger partial charge in [-0.05, 0) is 44.6 Å². The van der Waals surface area contributed by atoms with Crippen LogP contribution in [0.15, 0.2) is 24.8 Å². The van der Waals surface area contributed by atoms with E-state index in [9.17, 15) is 4.79 Å². The van der Waals surface area contributed by atoms with Gasteiger partial charge in [0.1, 0.15) is 17.3 Å². The molecule has 8 heteroatoms. The van der Waals surface area contributed by atoms with E-state index in [1.807, 2.05) is 13.1 Å². The van der Waals surface area contributed by atoms with Crippen LogP contribution in [-0.4, -0.2) is 69.0 Å². The van der Waals surface area contributed by atoms with Crippen LogP contribution in [0.1, 0.15) is 42.0 Å². The minimum absolute atomic E-state index is 0.0668. The van der Waals surface area contributed by atoms with Gasteiger partial charge in [-0.15, -0.1) is 0 Å². The molecule has 2 bridgehead atoms. The number of aromatic nitrogens is 4. The molecule has 3 fully saturated rings. The molecule has 2 aromatic rings. The molecular formula is C21H29N7O. The largest absolute Gasteiger partial charge is 0.355 e. The number of nitrogens with one attached hydrogen (secondary N) is 2. The van der Waals surface area contributed by atoms with Crippen molar-refractivity contribution >= 4 is 11.7 Å². The van der Waals surface area contributed by atoms with E-state index in [4.69, 9.17) is 0 Å². The zero-order chi connectivity index (χ0) is 19.8. The quantitative estimate of drug-likeness (QED) is 0.818. The Morgan fingerprint density at radius 1 is 1.21 bits per heavy atom. The van der Waals surface area contributed by atoms with Gasteiger partial charge in [0.25, 0.3) is 5.91 Å². The van der Waals surface area contributed by atoms with Crippen LogP contribution in [0.5, 0.6) is 0 Å². The number of fused-ring (bicyclic) bond motifs is 4. The van der Waals surface area contributed by atoms with Crippen molar-refractivity contribution in [3.63, 3.8) is 0 Å². The lowest BCUT2D eigenvalue weighted by Crippen LogP contribution is -2.65. The van der Waals surface area contributed by atoms with Crippen molar-refractivity contribution in [1.29, 1.82) is 0 Å². The lowest BCUT2D eigenvalue weighted by atomic mass is 9.72. The van der Waals surface area contributed by atoms with Gasteiger partial charge in [-0.1, -0.05) is 6.42 Å². The van der Waals surface area contributed by atoms with Gasteiger partial charge >= 0.3 is 0 Å². The fraction of sp³-hybridized carbons (Fsp3) is 0.619. The van der Waals surface area contributed by atoms with E-state index < -0.39 is 0 Å². The van der Waals surface area contributed by atoms with E-state index in [0.717, 1.165) is 31.3 Å². The smallest absolute Gasteiger partial charge is 0.269 e. The highest BCUT2D eigenvalue weighted by molar-refractivity contribution is 5.92. The number of aryl methyl sites for hydroxylation is 1. The SMILES string of the molecule is Cc1ncc(C(=O)NC[C@H]2[C@H]3C[C@H](CN(c4cnccn4)C3)[C@@H]3CCCCN32)[nH]1. The first-order chi connectivity index (χ1) is 14.2. The van der Waals surface area contributed by atoms with Crippen molar-refractivity contribution in [2.45, 2.75) is 44.7 Å². The number of nitrogens with zero attached hydrogens (tertiary/aromatic N) is 5. The monoisotopic (exact) mass is 395 g/mol. The van der Waals surface area contributed by atoms with Crippen LogP contribution in [0.25, 0.3) is 0 Å². The summed E-state index contributed by atoms with van der Waals surface area (Å²) >= 11 is 0. The molecule has 0 unspecified atom stereocenters. The van der Waals surface area contributed by atoms with Crippen molar-refractivity contribution < 1.29 is 4.79 Å². The topological polar surface area (TPSA) is 90.0 Å². The minimum atomic E-state index is -0.0668. The molecule has 0 saturated carbocycles. The van der Waals surface area contributed by atoms with Crippen LogP contribution in [0.3, 0.4) is 0 Å². The molecule has 5 rings (SSSR count). The zero-order valence-electron chi connectivity index (χ0n) is 16.9. The Labute approximate surface area is 171 Å². The Hall–Kier alpha value is -2.48. The Bertz CT molecular complexity index is 854. The Morgan fingerprint density at radius 2 is 2.10 bits per heavy atom. The van der Waals surface area contributed by atoms with Crippen LogP contribution in [0.4, 0.5) is 5.82 Å². The van der Waals surface area contributed by atoms with Gasteiger partial charge in [-0.25, -0.2) is 9.97 Å². The summed E-state index contributed by atoms with van der Waals surface area (Å²) in [5.41, 5.74) is 0.538. The Morgan fingerprint density at radius 3 is 2.90 bits per heavy atom. The number of amides is 1. The molecule has 0 aliphatic carbocycles. The summed E-state index contributed by atoms with van der Waals surface area (Å²) in [6.45, 7) is 5.72. The molecule has 0 spiro atoms. The standard InChI is InChI=1S/C21H29N7O/c1-14-24-9-17(26-14)21(29)25-10-19-16-8-15(18-4-2-3-7-28(18)19)12-27(13-16)20-11-22-5-6-23-20/h5-6,9,11,15-16,18-19H,2-4,7-8,10,12-13H2,1H3,(H,24,26)(H,25,29)/t15-,16+,18+,19+/m1/s1. The Balaban J connectivity index is 1.34. The maximum absolute atomic E-state index is 12.6. The Kier molecular flexibility index (Phi) is 4.95. The van der Waals surface area contributed by atoms with Gasteiger partial charge < -0.3 is 15.2 Å². The van der Waals surface area contributed by atoms with Crippen LogP contribution in [0, 0.1) is 18.8 Å². The molecule has 5 heterocycles. The van der Waals surface area contributed by atoms with Gasteiger partial charge in [-0.2, -0.15) is 0 Å². The van der Waals surface area contributed by atoms with Crippen LogP contribution in [0.2, 0.25) is 0 Å². The van der Waals surface area contributed by atoms with Gasteiger partial charge in [0.05, 0.1) is 12.4 Å². The van der Waals surface area contributed by atoms with E-state index in [0.29, 0.717) is 36.2 Å². The zero-order valence-corrected chi connectivity index (χ0v) is 16.9. The predicted molar refractivity (Wildman–Crippen MR) is 110 cm³/mol. The average molecular weight is 396 g/mol. The molecule has 154 valence electrons. The molecule has 1 amide bonds. The molecule has 4 atom stereocenters. The first-order valence-corrected chi connectivity index (χ1v) is 10.8. The third-order valence-corrected chi connectivity index (χ3v) is 6.91. The highest BCUT2D eigenvalue weighted by Crippen LogP contribution is 2.41. The van der Waals surface area contributed by atoms with E-state index in [1.54, 1.807) is 18.6 Å². The maximum atomic E-state index is 12.6. The van der Waals surface area contributed by atoms with Gasteiger partial charge in [0, 0.05) is 44.1 Å². The molecular weight excluding hydrogens is 366 g/mol. The normalized spacial score (nSPS) is 29.3. The minimum Gasteiger partial charge on any atom is -0.355 e. The highest BCUT2D eigenvalue weighted by atomic mass is 16.1. The number of carbonyl (C=O) groups is 1. The number of rotatable bonds is 4. The van der Waals surface area contributed by atoms with Crippen molar-refractivity contribution in [2.75, 3.05) is 31.1 Å². The number of hydrogen-bond donors (Lipinski definition) is 2. The number of piperidine rings is 3. The number of imidazole rings is 1. The predicted octanol–water partition coefficient (Wildman–Crippen LogP) is 1.62. The summed E-state index contributed by atoms with van der Waals surface area (Å²) in [4.78, 5) is 33.7. The number of carbonyl (C=O) groups excluding carboxylic acids is 1. The lowest BCUT2D eigenvalue weighted by molar-refractivity contribution is -0.0308. The maximum Gasteiger partial charge on any atom is 0.269 e. The summed E-state index contributed by atoms with van der Waals surface area (Å²) in [6, 6.07) is 0.972. The molecule has 29 heavy (non-hydrogen) atoms. The summed E-state index contributed by atoms with van der Waals surface area (Å²) in [5.74, 6) is 2.86. The summed E-state index contributed by atoms with van der Waals surface area (Å²) in [5, 5.41) is 3.17. The van der Waals surface area contributed by atoms with Crippen LogP contribution >= 0.6 is 0 Å². The number of anilines is 1. The number of H-pyrrole nitrogens is 1. The van der Waals surface area contributed by atoms with E-state index in [-0.39, 0.29) is 5.91 Å². The lowest BCUT2D eigenvalue weighted by Gasteiger charge is -2.57. The van der Waals surface area contributed by atoms with E-state index >= 15 is 0 Å². The molecule has 3 aliphatic heterocycles. The molecule has 0 aromatic carbocycles. The van der Waals surface area contributed by atoms with Crippen molar-refractivity contribution in [2.24, 2.45) is 11.8 Å². The van der Waals surface area contributed by atoms with E-state index in [2.05, 4.69) is 35.1 Å². The third-order valence-electron chi connectivity index (χ3n) is 6.91. The first kappa shape index (κ1) is 18.5.